The molecule has 0 atom stereocenters. The Hall–Kier alpha value is -2.36. The van der Waals surface area contributed by atoms with Crippen molar-refractivity contribution in [2.24, 2.45) is 0 Å². The summed E-state index contributed by atoms with van der Waals surface area (Å²) < 4.78 is 5.83. The first-order chi connectivity index (χ1) is 10.2. The van der Waals surface area contributed by atoms with E-state index in [0.29, 0.717) is 13.2 Å². The fraction of sp³-hybridized carbons (Fsp3) is 0.294. The third kappa shape index (κ3) is 4.05. The second-order valence-corrected chi connectivity index (χ2v) is 4.81. The highest BCUT2D eigenvalue weighted by Gasteiger charge is 2.04. The lowest BCUT2D eigenvalue weighted by atomic mass is 10.1. The van der Waals surface area contributed by atoms with Crippen molar-refractivity contribution in [3.05, 3.63) is 60.1 Å². The van der Waals surface area contributed by atoms with Gasteiger partial charge in [-0.1, -0.05) is 24.3 Å². The number of aromatic nitrogens is 2. The number of aryl methyl sites for hydroxylation is 1. The first kappa shape index (κ1) is 15.0. The summed E-state index contributed by atoms with van der Waals surface area (Å²) >= 11 is 0. The molecule has 1 N–H and O–H groups in total. The van der Waals surface area contributed by atoms with Gasteiger partial charge in [0.05, 0.1) is 6.54 Å². The van der Waals surface area contributed by atoms with Gasteiger partial charge in [0.1, 0.15) is 24.5 Å². The molecule has 0 aliphatic carbocycles. The van der Waals surface area contributed by atoms with Crippen molar-refractivity contribution in [3.8, 4) is 5.75 Å². The molecule has 0 amide bonds. The van der Waals surface area contributed by atoms with Crippen molar-refractivity contribution in [1.29, 1.82) is 0 Å². The van der Waals surface area contributed by atoms with Crippen LogP contribution in [0.2, 0.25) is 0 Å². The van der Waals surface area contributed by atoms with Crippen LogP contribution in [0.3, 0.4) is 0 Å². The van der Waals surface area contributed by atoms with E-state index in [1.165, 1.54) is 0 Å². The molecule has 0 fully saturated rings. The van der Waals surface area contributed by atoms with E-state index in [1.54, 1.807) is 6.33 Å². The number of ether oxygens (including phenoxy) is 1. The van der Waals surface area contributed by atoms with Crippen LogP contribution in [0.25, 0.3) is 0 Å². The third-order valence-electron chi connectivity index (χ3n) is 3.33. The molecule has 0 bridgehead atoms. The van der Waals surface area contributed by atoms with Gasteiger partial charge >= 0.3 is 0 Å². The highest BCUT2D eigenvalue weighted by Crippen LogP contribution is 2.18. The van der Waals surface area contributed by atoms with E-state index >= 15 is 0 Å². The minimum absolute atomic E-state index is 0.580. The van der Waals surface area contributed by atoms with Crippen LogP contribution in [-0.4, -0.2) is 23.1 Å². The lowest BCUT2D eigenvalue weighted by Gasteiger charge is -2.12. The maximum absolute atomic E-state index is 5.83. The first-order valence-electron chi connectivity index (χ1n) is 7.06. The fourth-order valence-corrected chi connectivity index (χ4v) is 2.02. The molecule has 0 saturated carbocycles. The lowest BCUT2D eigenvalue weighted by molar-refractivity contribution is 0.330. The van der Waals surface area contributed by atoms with Gasteiger partial charge in [-0.25, -0.2) is 9.97 Å². The van der Waals surface area contributed by atoms with Crippen molar-refractivity contribution in [3.63, 3.8) is 0 Å². The first-order valence-corrected chi connectivity index (χ1v) is 7.06. The van der Waals surface area contributed by atoms with Gasteiger partial charge in [0.15, 0.2) is 0 Å². The smallest absolute Gasteiger partial charge is 0.132 e. The minimum atomic E-state index is 0.580. The van der Waals surface area contributed by atoms with Gasteiger partial charge in [0.2, 0.25) is 0 Å². The number of hydrogen-bond donors (Lipinski definition) is 1. The molecule has 4 heteroatoms. The van der Waals surface area contributed by atoms with Gasteiger partial charge in [-0.05, 0) is 31.9 Å². The molecule has 0 aliphatic heterocycles. The maximum Gasteiger partial charge on any atom is 0.132 e. The number of nitrogens with zero attached hydrogens (tertiary/aromatic N) is 2. The van der Waals surface area contributed by atoms with Crippen molar-refractivity contribution >= 4 is 5.82 Å². The Morgan fingerprint density at radius 3 is 2.86 bits per heavy atom. The van der Waals surface area contributed by atoms with Crippen molar-refractivity contribution in [2.75, 3.05) is 18.5 Å². The average molecular weight is 283 g/mol. The van der Waals surface area contributed by atoms with E-state index in [0.717, 1.165) is 34.8 Å². The van der Waals surface area contributed by atoms with E-state index in [-0.39, 0.29) is 0 Å². The molecule has 0 saturated heterocycles. The Kier molecular flexibility index (Phi) is 5.32. The zero-order chi connectivity index (χ0) is 15.1. The quantitative estimate of drug-likeness (QED) is 0.625. The normalized spacial score (nSPS) is 10.2. The van der Waals surface area contributed by atoms with Gasteiger partial charge in [0, 0.05) is 11.3 Å². The predicted molar refractivity (Wildman–Crippen MR) is 85.8 cm³/mol. The number of allylic oxidation sites excluding steroid dienone is 1. The number of nitrogens with one attached hydrogen (secondary N) is 1. The van der Waals surface area contributed by atoms with Crippen molar-refractivity contribution in [2.45, 2.75) is 20.3 Å². The standard InChI is InChI=1S/C17H21N3O/c1-4-7-15-8-5-6-9-16(15)21-11-10-18-17-13(2)14(3)19-12-20-17/h4-6,8-9,12H,1,7,10-11H2,2-3H3,(H,18,19,20). The molecule has 0 radical (unpaired) electrons. The van der Waals surface area contributed by atoms with Crippen molar-refractivity contribution in [1.82, 2.24) is 9.97 Å². The molecule has 0 spiro atoms. The highest BCUT2D eigenvalue weighted by molar-refractivity contribution is 5.44. The van der Waals surface area contributed by atoms with Crippen LogP contribution in [-0.2, 0) is 6.42 Å². The Balaban J connectivity index is 1.87. The lowest BCUT2D eigenvalue weighted by Crippen LogP contribution is -2.14. The van der Waals surface area contributed by atoms with Crippen LogP contribution in [0.5, 0.6) is 5.75 Å². The van der Waals surface area contributed by atoms with E-state index in [2.05, 4.69) is 27.9 Å². The second-order valence-electron chi connectivity index (χ2n) is 4.81. The topological polar surface area (TPSA) is 47.0 Å². The molecule has 4 nitrogen and oxygen atoms in total. The molecule has 21 heavy (non-hydrogen) atoms. The molecule has 1 aromatic carbocycles. The van der Waals surface area contributed by atoms with E-state index in [9.17, 15) is 0 Å². The molecule has 2 rings (SSSR count). The number of rotatable bonds is 7. The summed E-state index contributed by atoms with van der Waals surface area (Å²) in [6, 6.07) is 8.03. The van der Waals surface area contributed by atoms with Gasteiger partial charge in [-0.2, -0.15) is 0 Å². The fourth-order valence-electron chi connectivity index (χ4n) is 2.02. The Labute approximate surface area is 125 Å². The number of anilines is 1. The van der Waals surface area contributed by atoms with Crippen LogP contribution in [0.1, 0.15) is 16.8 Å². The van der Waals surface area contributed by atoms with Gasteiger partial charge < -0.3 is 10.1 Å². The summed E-state index contributed by atoms with van der Waals surface area (Å²) in [7, 11) is 0. The van der Waals surface area contributed by atoms with Gasteiger partial charge in [0.25, 0.3) is 0 Å². The van der Waals surface area contributed by atoms with Crippen LogP contribution in [0.4, 0.5) is 5.82 Å². The molecule has 0 unspecified atom stereocenters. The second kappa shape index (κ2) is 7.43. The molecular weight excluding hydrogens is 262 g/mol. The van der Waals surface area contributed by atoms with Gasteiger partial charge in [-0.15, -0.1) is 6.58 Å². The molecule has 110 valence electrons. The summed E-state index contributed by atoms with van der Waals surface area (Å²) in [6.45, 7) is 9.03. The summed E-state index contributed by atoms with van der Waals surface area (Å²) in [5.41, 5.74) is 3.22. The summed E-state index contributed by atoms with van der Waals surface area (Å²) in [6.07, 6.45) is 4.27. The number of para-hydroxylation sites is 1. The molecular formula is C17H21N3O. The summed E-state index contributed by atoms with van der Waals surface area (Å²) in [5.74, 6) is 1.78. The third-order valence-corrected chi connectivity index (χ3v) is 3.33. The molecule has 1 aromatic heterocycles. The van der Waals surface area contributed by atoms with Crippen LogP contribution >= 0.6 is 0 Å². The molecule has 2 aromatic rings. The van der Waals surface area contributed by atoms with Crippen LogP contribution in [0.15, 0.2) is 43.2 Å². The Morgan fingerprint density at radius 1 is 1.24 bits per heavy atom. The number of hydrogen-bond acceptors (Lipinski definition) is 4. The Morgan fingerprint density at radius 2 is 2.05 bits per heavy atom. The minimum Gasteiger partial charge on any atom is -0.491 e. The summed E-state index contributed by atoms with van der Waals surface area (Å²) in [5, 5.41) is 3.28. The maximum atomic E-state index is 5.83. The number of benzene rings is 1. The molecule has 1 heterocycles. The summed E-state index contributed by atoms with van der Waals surface area (Å²) in [4.78, 5) is 8.40. The van der Waals surface area contributed by atoms with Crippen LogP contribution < -0.4 is 10.1 Å². The predicted octanol–water partition coefficient (Wildman–Crippen LogP) is 3.31. The van der Waals surface area contributed by atoms with Gasteiger partial charge in [-0.3, -0.25) is 0 Å². The largest absolute Gasteiger partial charge is 0.491 e. The Bertz CT molecular complexity index is 611. The monoisotopic (exact) mass is 283 g/mol. The zero-order valence-corrected chi connectivity index (χ0v) is 12.6. The zero-order valence-electron chi connectivity index (χ0n) is 12.6. The van der Waals surface area contributed by atoms with Crippen molar-refractivity contribution < 1.29 is 4.74 Å². The van der Waals surface area contributed by atoms with E-state index in [4.69, 9.17) is 4.74 Å². The highest BCUT2D eigenvalue weighted by atomic mass is 16.5. The van der Waals surface area contributed by atoms with E-state index < -0.39 is 0 Å². The SMILES string of the molecule is C=CCc1ccccc1OCCNc1ncnc(C)c1C. The average Bonchev–Trinajstić information content (AvgIpc) is 2.49. The molecule has 0 aliphatic rings. The van der Waals surface area contributed by atoms with E-state index in [1.807, 2.05) is 38.1 Å². The van der Waals surface area contributed by atoms with Crippen LogP contribution in [0, 0.1) is 13.8 Å².